The molecule has 1 radical (unpaired) electrons. The van der Waals surface area contributed by atoms with E-state index in [2.05, 4.69) is 0 Å². The number of aliphatic hydroxyl groups is 1. The van der Waals surface area contributed by atoms with E-state index in [0.29, 0.717) is 13.0 Å². The van der Waals surface area contributed by atoms with Crippen LogP contribution in [0, 0.1) is 6.61 Å². The summed E-state index contributed by atoms with van der Waals surface area (Å²) in [6, 6.07) is 9.54. The fourth-order valence-electron chi connectivity index (χ4n) is 0.746. The minimum absolute atomic E-state index is 0.528. The lowest BCUT2D eigenvalue weighted by Gasteiger charge is -2.02. The summed E-state index contributed by atoms with van der Waals surface area (Å²) in [7, 11) is 0. The molecule has 0 aliphatic heterocycles. The first-order chi connectivity index (χ1) is 5.43. The van der Waals surface area contributed by atoms with Crippen LogP contribution in [0.25, 0.3) is 0 Å². The molecule has 59 valence electrons. The molecule has 0 aliphatic carbocycles. The fourth-order valence-corrected chi connectivity index (χ4v) is 0.746. The van der Waals surface area contributed by atoms with Crippen molar-refractivity contribution >= 4 is 0 Å². The van der Waals surface area contributed by atoms with Crippen LogP contribution < -0.4 is 4.74 Å². The van der Waals surface area contributed by atoms with E-state index in [9.17, 15) is 0 Å². The second-order valence-electron chi connectivity index (χ2n) is 2.13. The zero-order chi connectivity index (χ0) is 7.94. The molecule has 0 aromatic heterocycles. The molecule has 0 saturated carbocycles. The lowest BCUT2D eigenvalue weighted by atomic mass is 10.3. The molecule has 2 nitrogen and oxygen atoms in total. The maximum atomic E-state index is 8.34. The number of benzene rings is 1. The van der Waals surface area contributed by atoms with Crippen LogP contribution in [0.4, 0.5) is 0 Å². The van der Waals surface area contributed by atoms with Crippen LogP contribution in [0.3, 0.4) is 0 Å². The minimum Gasteiger partial charge on any atom is -0.493 e. The van der Waals surface area contributed by atoms with Crippen molar-refractivity contribution in [2.24, 2.45) is 0 Å². The highest BCUT2D eigenvalue weighted by Crippen LogP contribution is 2.08. The number of para-hydroxylation sites is 1. The Labute approximate surface area is 66.4 Å². The van der Waals surface area contributed by atoms with E-state index in [1.807, 2.05) is 30.3 Å². The Morgan fingerprint density at radius 1 is 1.27 bits per heavy atom. The molecule has 1 aromatic rings. The van der Waals surface area contributed by atoms with Gasteiger partial charge in [-0.05, 0) is 12.1 Å². The monoisotopic (exact) mass is 151 g/mol. The van der Waals surface area contributed by atoms with Gasteiger partial charge < -0.3 is 9.84 Å². The number of aliphatic hydroxyl groups excluding tert-OH is 1. The predicted molar refractivity (Wildman–Crippen MR) is 42.8 cm³/mol. The maximum Gasteiger partial charge on any atom is 0.119 e. The highest BCUT2D eigenvalue weighted by Gasteiger charge is 1.89. The molecule has 1 rings (SSSR count). The Hall–Kier alpha value is -1.02. The van der Waals surface area contributed by atoms with Crippen LogP contribution in [0.5, 0.6) is 5.75 Å². The second kappa shape index (κ2) is 4.74. The summed E-state index contributed by atoms with van der Waals surface area (Å²) < 4.78 is 5.26. The van der Waals surface area contributed by atoms with Gasteiger partial charge in [0.1, 0.15) is 5.75 Å². The van der Waals surface area contributed by atoms with E-state index < -0.39 is 0 Å². The summed E-state index contributed by atoms with van der Waals surface area (Å²) >= 11 is 0. The van der Waals surface area contributed by atoms with E-state index >= 15 is 0 Å². The molecule has 0 amide bonds. The third-order valence-corrected chi connectivity index (χ3v) is 1.26. The zero-order valence-electron chi connectivity index (χ0n) is 6.23. The standard InChI is InChI=1S/C9H11O2/c10-7-4-8-11-9-5-2-1-3-6-9/h1-3,5-7,10H,4,8H2. The Bertz CT molecular complexity index is 184. The Morgan fingerprint density at radius 3 is 2.64 bits per heavy atom. The van der Waals surface area contributed by atoms with E-state index in [1.54, 1.807) is 0 Å². The normalized spacial score (nSPS) is 9.55. The molecule has 0 spiro atoms. The van der Waals surface area contributed by atoms with Crippen molar-refractivity contribution in [3.05, 3.63) is 36.9 Å². The van der Waals surface area contributed by atoms with Crippen LogP contribution in [0.2, 0.25) is 0 Å². The molecule has 0 aliphatic rings. The van der Waals surface area contributed by atoms with Crippen molar-refractivity contribution in [3.8, 4) is 5.75 Å². The molecular weight excluding hydrogens is 140 g/mol. The van der Waals surface area contributed by atoms with Crippen molar-refractivity contribution in [1.29, 1.82) is 0 Å². The van der Waals surface area contributed by atoms with Crippen molar-refractivity contribution in [1.82, 2.24) is 0 Å². The van der Waals surface area contributed by atoms with Gasteiger partial charge in [-0.15, -0.1) is 0 Å². The van der Waals surface area contributed by atoms with Gasteiger partial charge in [-0.25, -0.2) is 0 Å². The fraction of sp³-hybridized carbons (Fsp3) is 0.222. The van der Waals surface area contributed by atoms with E-state index in [-0.39, 0.29) is 0 Å². The van der Waals surface area contributed by atoms with Gasteiger partial charge >= 0.3 is 0 Å². The Morgan fingerprint density at radius 2 is 2.00 bits per heavy atom. The van der Waals surface area contributed by atoms with Crippen LogP contribution in [0.1, 0.15) is 6.42 Å². The third-order valence-electron chi connectivity index (χ3n) is 1.26. The van der Waals surface area contributed by atoms with Crippen LogP contribution in [-0.2, 0) is 0 Å². The van der Waals surface area contributed by atoms with Gasteiger partial charge in [0.25, 0.3) is 0 Å². The summed E-state index contributed by atoms with van der Waals surface area (Å²) in [5.74, 6) is 0.842. The lowest BCUT2D eigenvalue weighted by molar-refractivity contribution is 0.280. The maximum absolute atomic E-state index is 8.34. The zero-order valence-corrected chi connectivity index (χ0v) is 6.23. The van der Waals surface area contributed by atoms with Gasteiger partial charge in [-0.3, -0.25) is 0 Å². The molecular formula is C9H11O2. The van der Waals surface area contributed by atoms with Crippen molar-refractivity contribution in [3.63, 3.8) is 0 Å². The second-order valence-corrected chi connectivity index (χ2v) is 2.13. The van der Waals surface area contributed by atoms with E-state index in [1.165, 1.54) is 0 Å². The molecule has 0 saturated heterocycles. The van der Waals surface area contributed by atoms with Crippen LogP contribution in [-0.4, -0.2) is 11.7 Å². The first-order valence-corrected chi connectivity index (χ1v) is 3.57. The topological polar surface area (TPSA) is 29.5 Å². The van der Waals surface area contributed by atoms with Gasteiger partial charge in [0, 0.05) is 6.42 Å². The van der Waals surface area contributed by atoms with Crippen molar-refractivity contribution in [2.45, 2.75) is 6.42 Å². The smallest absolute Gasteiger partial charge is 0.119 e. The molecule has 0 bridgehead atoms. The number of ether oxygens (including phenoxy) is 1. The summed E-state index contributed by atoms with van der Waals surface area (Å²) in [6.45, 7) is 1.63. The predicted octanol–water partition coefficient (Wildman–Crippen LogP) is 1.99. The van der Waals surface area contributed by atoms with Crippen molar-refractivity contribution < 1.29 is 9.84 Å². The molecule has 2 heteroatoms. The van der Waals surface area contributed by atoms with Gasteiger partial charge in [-0.1, -0.05) is 18.2 Å². The van der Waals surface area contributed by atoms with Gasteiger partial charge in [0.15, 0.2) is 0 Å². The lowest BCUT2D eigenvalue weighted by Crippen LogP contribution is -1.96. The average molecular weight is 151 g/mol. The number of hydrogen-bond donors (Lipinski definition) is 1. The molecule has 11 heavy (non-hydrogen) atoms. The molecule has 0 atom stereocenters. The molecule has 0 heterocycles. The molecule has 1 N–H and O–H groups in total. The molecule has 1 aromatic carbocycles. The molecule has 0 fully saturated rings. The quantitative estimate of drug-likeness (QED) is 0.667. The van der Waals surface area contributed by atoms with Gasteiger partial charge in [0.05, 0.1) is 13.2 Å². The van der Waals surface area contributed by atoms with Crippen LogP contribution in [0.15, 0.2) is 30.3 Å². The average Bonchev–Trinajstić information content (AvgIpc) is 2.07. The Kier molecular flexibility index (Phi) is 3.48. The minimum atomic E-state index is 0.528. The SMILES string of the molecule is O[CH]CCOc1ccccc1. The third kappa shape index (κ3) is 3.05. The highest BCUT2D eigenvalue weighted by atomic mass is 16.5. The van der Waals surface area contributed by atoms with Crippen molar-refractivity contribution in [2.75, 3.05) is 6.61 Å². The summed E-state index contributed by atoms with van der Waals surface area (Å²) in [4.78, 5) is 0. The largest absolute Gasteiger partial charge is 0.493 e. The highest BCUT2D eigenvalue weighted by molar-refractivity contribution is 5.20. The van der Waals surface area contributed by atoms with E-state index in [0.717, 1.165) is 12.4 Å². The van der Waals surface area contributed by atoms with Gasteiger partial charge in [0.2, 0.25) is 0 Å². The summed E-state index contributed by atoms with van der Waals surface area (Å²) in [6.07, 6.45) is 0.564. The first-order valence-electron chi connectivity index (χ1n) is 3.57. The summed E-state index contributed by atoms with van der Waals surface area (Å²) in [5.41, 5.74) is 0. The van der Waals surface area contributed by atoms with Crippen LogP contribution >= 0.6 is 0 Å². The Balaban J connectivity index is 2.28. The summed E-state index contributed by atoms with van der Waals surface area (Å²) in [5, 5.41) is 8.34. The molecule has 0 unspecified atom stereocenters. The number of rotatable bonds is 4. The van der Waals surface area contributed by atoms with E-state index in [4.69, 9.17) is 9.84 Å². The number of hydrogen-bond acceptors (Lipinski definition) is 2. The first kappa shape index (κ1) is 8.08. The van der Waals surface area contributed by atoms with Gasteiger partial charge in [-0.2, -0.15) is 0 Å².